The molecule has 1 N–H and O–H groups in total. The minimum Gasteiger partial charge on any atom is -0.493 e. The third-order valence-corrected chi connectivity index (χ3v) is 8.58. The van der Waals surface area contributed by atoms with Crippen LogP contribution in [0, 0.1) is 5.92 Å². The largest absolute Gasteiger partial charge is 0.493 e. The molecule has 0 saturated carbocycles. The van der Waals surface area contributed by atoms with Crippen molar-refractivity contribution in [3.63, 3.8) is 0 Å². The number of likely N-dealkylation sites (tertiary alicyclic amines) is 1. The Labute approximate surface area is 262 Å². The molecule has 2 heterocycles. The monoisotopic (exact) mass is 620 g/mol. The predicted molar refractivity (Wildman–Crippen MR) is 174 cm³/mol. The van der Waals surface area contributed by atoms with Crippen molar-refractivity contribution < 1.29 is 24.1 Å². The van der Waals surface area contributed by atoms with Gasteiger partial charge in [-0.2, -0.15) is 0 Å². The number of halogens is 2. The smallest absolute Gasteiger partial charge is 0.168 e. The van der Waals surface area contributed by atoms with Gasteiger partial charge >= 0.3 is 0 Å². The van der Waals surface area contributed by atoms with Crippen molar-refractivity contribution in [1.29, 1.82) is 0 Å². The van der Waals surface area contributed by atoms with Gasteiger partial charge in [0.1, 0.15) is 0 Å². The Morgan fingerprint density at radius 2 is 1.55 bits per heavy atom. The molecule has 2 aliphatic heterocycles. The maximum atomic E-state index is 11.2. The topological polar surface area (TPSA) is 63.6 Å². The fourth-order valence-electron chi connectivity index (χ4n) is 6.63. The summed E-state index contributed by atoms with van der Waals surface area (Å²) in [6, 6.07) is 14.5. The third kappa shape index (κ3) is 7.74. The summed E-state index contributed by atoms with van der Waals surface area (Å²) in [6.07, 6.45) is 4.90. The molecule has 7 nitrogen and oxygen atoms in total. The van der Waals surface area contributed by atoms with Crippen LogP contribution in [-0.4, -0.2) is 82.2 Å². The number of methoxy groups -OCH3 is 4. The summed E-state index contributed by atoms with van der Waals surface area (Å²) in [6.45, 7) is 5.88. The average molecular weight is 622 g/mol. The molecule has 42 heavy (non-hydrogen) atoms. The molecule has 3 aromatic carbocycles. The molecule has 2 atom stereocenters. The Morgan fingerprint density at radius 3 is 2.26 bits per heavy atom. The van der Waals surface area contributed by atoms with Crippen molar-refractivity contribution in [2.24, 2.45) is 5.92 Å². The first-order valence-corrected chi connectivity index (χ1v) is 14.5. The second-order valence-electron chi connectivity index (χ2n) is 11.3. The van der Waals surface area contributed by atoms with Gasteiger partial charge in [-0.05, 0) is 72.0 Å². The number of aliphatic hydroxyl groups is 1. The molecule has 5 rings (SSSR count). The lowest BCUT2D eigenvalue weighted by Gasteiger charge is -2.34. The minimum absolute atomic E-state index is 0. The molecule has 0 bridgehead atoms. The van der Waals surface area contributed by atoms with Gasteiger partial charge in [-0.25, -0.2) is 0 Å². The van der Waals surface area contributed by atoms with Gasteiger partial charge in [-0.3, -0.25) is 4.90 Å². The lowest BCUT2D eigenvalue weighted by atomic mass is 9.96. The highest BCUT2D eigenvalue weighted by molar-refractivity contribution is 5.93. The van der Waals surface area contributed by atoms with Gasteiger partial charge in [0.25, 0.3) is 0 Å². The first-order chi connectivity index (χ1) is 19.5. The quantitative estimate of drug-likeness (QED) is 0.308. The lowest BCUT2D eigenvalue weighted by molar-refractivity contribution is 0.0998. The van der Waals surface area contributed by atoms with Crippen LogP contribution in [-0.2, 0) is 19.4 Å². The van der Waals surface area contributed by atoms with E-state index in [0.717, 1.165) is 78.5 Å². The average Bonchev–Trinajstić information content (AvgIpc) is 3.20. The molecule has 0 spiro atoms. The number of ether oxygens (including phenoxy) is 4. The molecule has 0 aliphatic carbocycles. The summed E-state index contributed by atoms with van der Waals surface area (Å²) in [5.41, 5.74) is 3.84. The van der Waals surface area contributed by atoms with Gasteiger partial charge in [0.15, 0.2) is 23.0 Å². The number of benzene rings is 3. The van der Waals surface area contributed by atoms with E-state index in [1.165, 1.54) is 30.4 Å². The summed E-state index contributed by atoms with van der Waals surface area (Å²) in [4.78, 5) is 5.08. The van der Waals surface area contributed by atoms with Gasteiger partial charge in [0.2, 0.25) is 0 Å². The second-order valence-corrected chi connectivity index (χ2v) is 11.3. The van der Waals surface area contributed by atoms with Crippen molar-refractivity contribution >= 4 is 35.6 Å². The maximum Gasteiger partial charge on any atom is 0.168 e. The number of fused-ring (bicyclic) bond motifs is 2. The molecular formula is C33H46Cl2N2O5. The van der Waals surface area contributed by atoms with E-state index in [2.05, 4.69) is 40.1 Å². The van der Waals surface area contributed by atoms with Crippen molar-refractivity contribution in [2.75, 3.05) is 61.2 Å². The highest BCUT2D eigenvalue weighted by atomic mass is 35.5. The predicted octanol–water partition coefficient (Wildman–Crippen LogP) is 5.78. The molecule has 1 saturated heterocycles. The van der Waals surface area contributed by atoms with E-state index in [-0.39, 0.29) is 24.8 Å². The molecular weight excluding hydrogens is 575 g/mol. The van der Waals surface area contributed by atoms with Gasteiger partial charge in [-0.15, -0.1) is 24.8 Å². The van der Waals surface area contributed by atoms with Crippen LogP contribution in [0.5, 0.6) is 23.0 Å². The van der Waals surface area contributed by atoms with Crippen LogP contribution < -0.4 is 18.9 Å². The van der Waals surface area contributed by atoms with E-state index < -0.39 is 6.10 Å². The Morgan fingerprint density at radius 1 is 0.810 bits per heavy atom. The molecule has 2 unspecified atom stereocenters. The summed E-state index contributed by atoms with van der Waals surface area (Å²) in [7, 11) is 6.73. The van der Waals surface area contributed by atoms with Crippen LogP contribution in [0.4, 0.5) is 0 Å². The molecule has 3 aromatic rings. The number of hydrogen-bond donors (Lipinski definition) is 1. The van der Waals surface area contributed by atoms with Crippen LogP contribution in [0.15, 0.2) is 42.5 Å². The van der Waals surface area contributed by atoms with Crippen LogP contribution in [0.2, 0.25) is 0 Å². The highest BCUT2D eigenvalue weighted by Gasteiger charge is 2.25. The minimum atomic E-state index is -0.429. The summed E-state index contributed by atoms with van der Waals surface area (Å²) in [5, 5.41) is 13.3. The van der Waals surface area contributed by atoms with Gasteiger partial charge < -0.3 is 29.0 Å². The molecule has 0 amide bonds. The molecule has 232 valence electrons. The van der Waals surface area contributed by atoms with Crippen LogP contribution in [0.3, 0.4) is 0 Å². The van der Waals surface area contributed by atoms with Gasteiger partial charge in [-0.1, -0.05) is 30.7 Å². The number of nitrogens with zero attached hydrogens (tertiary/aromatic N) is 2. The first kappa shape index (κ1) is 34.1. The lowest BCUT2D eigenvalue weighted by Crippen LogP contribution is -2.41. The molecule has 9 heteroatoms. The highest BCUT2D eigenvalue weighted by Crippen LogP contribution is 2.37. The normalized spacial score (nSPS) is 18.2. The molecule has 0 radical (unpaired) electrons. The molecule has 2 aliphatic rings. The first-order valence-electron chi connectivity index (χ1n) is 14.5. The zero-order chi connectivity index (χ0) is 28.1. The van der Waals surface area contributed by atoms with E-state index in [1.807, 2.05) is 12.1 Å². The number of β-amino-alcohol motifs (C(OH)–C–C–N with tert-alkyl or cyclic N) is 1. The summed E-state index contributed by atoms with van der Waals surface area (Å²) >= 11 is 0. The van der Waals surface area contributed by atoms with E-state index in [4.69, 9.17) is 18.9 Å². The fraction of sp³-hybridized carbons (Fsp3) is 0.515. The number of rotatable bonds is 10. The van der Waals surface area contributed by atoms with Crippen molar-refractivity contribution in [1.82, 2.24) is 9.80 Å². The third-order valence-electron chi connectivity index (χ3n) is 8.58. The molecule has 1 fully saturated rings. The zero-order valence-corrected chi connectivity index (χ0v) is 26.9. The van der Waals surface area contributed by atoms with Gasteiger partial charge in [0.05, 0.1) is 34.5 Å². The Hall–Kier alpha value is -2.42. The summed E-state index contributed by atoms with van der Waals surface area (Å²) < 4.78 is 22.2. The Balaban J connectivity index is 0.00000242. The van der Waals surface area contributed by atoms with Crippen LogP contribution >= 0.6 is 24.8 Å². The number of hydrogen-bond acceptors (Lipinski definition) is 7. The maximum absolute atomic E-state index is 11.2. The van der Waals surface area contributed by atoms with E-state index >= 15 is 0 Å². The SMILES string of the molecule is COc1cc2c(cc1OC)CN(CC1CCCCN(CC(O)Cc3cccc4c(OC)c(OC)ccc34)C1)CC2.Cl.Cl. The Kier molecular flexibility index (Phi) is 12.9. The second kappa shape index (κ2) is 15.9. The standard InChI is InChI=1S/C33H44N2O5.2ClH/c1-37-30-12-11-28-25(9-7-10-29(28)33(30)40-4)16-27(36)22-34-14-6-5-8-23(19-34)20-35-15-13-24-17-31(38-2)32(39-3)18-26(24)21-35;;/h7,9-12,17-18,23,27,36H,5-6,8,13-16,19-22H2,1-4H3;2*1H. The van der Waals surface area contributed by atoms with E-state index in [9.17, 15) is 5.11 Å². The fourth-order valence-corrected chi connectivity index (χ4v) is 6.63. The van der Waals surface area contributed by atoms with Crippen molar-refractivity contribution in [3.8, 4) is 23.0 Å². The van der Waals surface area contributed by atoms with E-state index in [1.54, 1.807) is 28.4 Å². The molecule has 0 aromatic heterocycles. The Bertz CT molecular complexity index is 1310. The van der Waals surface area contributed by atoms with Crippen LogP contribution in [0.25, 0.3) is 10.8 Å². The zero-order valence-electron chi connectivity index (χ0n) is 25.3. The van der Waals surface area contributed by atoms with Crippen molar-refractivity contribution in [2.45, 2.75) is 44.8 Å². The van der Waals surface area contributed by atoms with Crippen molar-refractivity contribution in [3.05, 3.63) is 59.2 Å². The summed E-state index contributed by atoms with van der Waals surface area (Å²) in [5.74, 6) is 3.69. The van der Waals surface area contributed by atoms with Gasteiger partial charge in [0, 0.05) is 44.5 Å². The van der Waals surface area contributed by atoms with E-state index in [0.29, 0.717) is 18.9 Å². The number of aliphatic hydroxyl groups excluding tert-OH is 1. The van der Waals surface area contributed by atoms with Crippen LogP contribution in [0.1, 0.15) is 36.0 Å².